The lowest BCUT2D eigenvalue weighted by Crippen LogP contribution is -2.28. The number of carbonyl (C=O) groups excluding carboxylic acids is 1. The standard InChI is InChI=1S/C10H9ClN2O/c11-9-4-2-1-3-8(9)10(14)13-6-5-12-7-13/h1-4,7H,5-6H2. The lowest BCUT2D eigenvalue weighted by atomic mass is 10.2. The highest BCUT2D eigenvalue weighted by molar-refractivity contribution is 6.34. The Morgan fingerprint density at radius 3 is 2.86 bits per heavy atom. The second-order valence-electron chi connectivity index (χ2n) is 3.00. The molecule has 0 radical (unpaired) electrons. The van der Waals surface area contributed by atoms with Crippen molar-refractivity contribution in [1.82, 2.24) is 4.90 Å². The smallest absolute Gasteiger partial charge is 0.260 e. The van der Waals surface area contributed by atoms with Gasteiger partial charge in [-0.3, -0.25) is 14.7 Å². The van der Waals surface area contributed by atoms with E-state index in [4.69, 9.17) is 11.6 Å². The first kappa shape index (κ1) is 9.21. The highest BCUT2D eigenvalue weighted by Crippen LogP contribution is 2.17. The normalized spacial score (nSPS) is 14.8. The van der Waals surface area contributed by atoms with Gasteiger partial charge in [0.05, 0.1) is 23.5 Å². The summed E-state index contributed by atoms with van der Waals surface area (Å²) >= 11 is 5.91. The highest BCUT2D eigenvalue weighted by Gasteiger charge is 2.18. The Kier molecular flexibility index (Phi) is 2.50. The third kappa shape index (κ3) is 1.63. The molecule has 0 bridgehead atoms. The van der Waals surface area contributed by atoms with Crippen molar-refractivity contribution in [3.8, 4) is 0 Å². The van der Waals surface area contributed by atoms with E-state index >= 15 is 0 Å². The van der Waals surface area contributed by atoms with Crippen LogP contribution in [-0.4, -0.2) is 30.2 Å². The molecular formula is C10H9ClN2O. The van der Waals surface area contributed by atoms with Gasteiger partial charge in [0, 0.05) is 6.54 Å². The molecule has 2 rings (SSSR count). The molecule has 0 saturated heterocycles. The van der Waals surface area contributed by atoms with Gasteiger partial charge in [0.25, 0.3) is 5.91 Å². The second-order valence-corrected chi connectivity index (χ2v) is 3.41. The van der Waals surface area contributed by atoms with E-state index in [1.807, 2.05) is 0 Å². The molecule has 0 unspecified atom stereocenters. The Labute approximate surface area is 87.0 Å². The van der Waals surface area contributed by atoms with Crippen LogP contribution in [0.15, 0.2) is 29.3 Å². The third-order valence-electron chi connectivity index (χ3n) is 2.06. The van der Waals surface area contributed by atoms with E-state index in [1.165, 1.54) is 0 Å². The number of hydrogen-bond donors (Lipinski definition) is 0. The van der Waals surface area contributed by atoms with E-state index in [-0.39, 0.29) is 5.91 Å². The Morgan fingerprint density at radius 1 is 1.43 bits per heavy atom. The molecule has 0 aromatic heterocycles. The zero-order chi connectivity index (χ0) is 9.97. The lowest BCUT2D eigenvalue weighted by Gasteiger charge is -2.12. The molecular weight excluding hydrogens is 200 g/mol. The molecule has 1 aliphatic heterocycles. The van der Waals surface area contributed by atoms with Crippen LogP contribution in [0.1, 0.15) is 10.4 Å². The molecule has 4 heteroatoms. The van der Waals surface area contributed by atoms with E-state index < -0.39 is 0 Å². The van der Waals surface area contributed by atoms with Crippen LogP contribution < -0.4 is 0 Å². The van der Waals surface area contributed by atoms with Gasteiger partial charge < -0.3 is 0 Å². The topological polar surface area (TPSA) is 32.7 Å². The number of nitrogens with zero attached hydrogens (tertiary/aromatic N) is 2. The molecule has 72 valence electrons. The zero-order valence-corrected chi connectivity index (χ0v) is 8.24. The summed E-state index contributed by atoms with van der Waals surface area (Å²) in [4.78, 5) is 17.4. The number of benzene rings is 1. The predicted molar refractivity (Wildman–Crippen MR) is 55.8 cm³/mol. The van der Waals surface area contributed by atoms with Crippen molar-refractivity contribution < 1.29 is 4.79 Å². The average Bonchev–Trinajstić information content (AvgIpc) is 2.70. The van der Waals surface area contributed by atoms with Crippen LogP contribution in [-0.2, 0) is 0 Å². The van der Waals surface area contributed by atoms with Gasteiger partial charge in [-0.15, -0.1) is 0 Å². The highest BCUT2D eigenvalue weighted by atomic mass is 35.5. The molecule has 0 saturated carbocycles. The van der Waals surface area contributed by atoms with Crippen molar-refractivity contribution in [3.05, 3.63) is 34.9 Å². The van der Waals surface area contributed by atoms with Crippen LogP contribution >= 0.6 is 11.6 Å². The summed E-state index contributed by atoms with van der Waals surface area (Å²) in [6.07, 6.45) is 1.56. The molecule has 1 aromatic carbocycles. The van der Waals surface area contributed by atoms with Gasteiger partial charge >= 0.3 is 0 Å². The zero-order valence-electron chi connectivity index (χ0n) is 7.48. The van der Waals surface area contributed by atoms with E-state index in [9.17, 15) is 4.79 Å². The number of rotatable bonds is 1. The molecule has 1 aliphatic rings. The fraction of sp³-hybridized carbons (Fsp3) is 0.200. The Morgan fingerprint density at radius 2 is 2.21 bits per heavy atom. The molecule has 0 spiro atoms. The van der Waals surface area contributed by atoms with Crippen molar-refractivity contribution in [1.29, 1.82) is 0 Å². The first-order valence-electron chi connectivity index (χ1n) is 4.34. The number of halogens is 1. The van der Waals surface area contributed by atoms with Gasteiger partial charge in [0.1, 0.15) is 0 Å². The molecule has 1 heterocycles. The minimum atomic E-state index is -0.0862. The fourth-order valence-electron chi connectivity index (χ4n) is 1.32. The largest absolute Gasteiger partial charge is 0.297 e. The quantitative estimate of drug-likeness (QED) is 0.693. The van der Waals surface area contributed by atoms with Crippen LogP contribution in [0.2, 0.25) is 5.02 Å². The number of hydrogen-bond acceptors (Lipinski definition) is 2. The molecule has 14 heavy (non-hydrogen) atoms. The Balaban J connectivity index is 2.27. The summed E-state index contributed by atoms with van der Waals surface area (Å²) in [5, 5.41) is 0.484. The second kappa shape index (κ2) is 3.80. The number of carbonyl (C=O) groups is 1. The maximum absolute atomic E-state index is 11.8. The van der Waals surface area contributed by atoms with Gasteiger partial charge in [0.2, 0.25) is 0 Å². The molecule has 0 aliphatic carbocycles. The third-order valence-corrected chi connectivity index (χ3v) is 2.39. The van der Waals surface area contributed by atoms with Crippen molar-refractivity contribution in [2.45, 2.75) is 0 Å². The summed E-state index contributed by atoms with van der Waals surface area (Å²) < 4.78 is 0. The van der Waals surface area contributed by atoms with Crippen LogP contribution in [0, 0.1) is 0 Å². The molecule has 0 atom stereocenters. The maximum Gasteiger partial charge on any atom is 0.260 e. The molecule has 0 fully saturated rings. The molecule has 1 aromatic rings. The summed E-state index contributed by atoms with van der Waals surface area (Å²) in [7, 11) is 0. The molecule has 1 amide bonds. The fourth-order valence-corrected chi connectivity index (χ4v) is 1.54. The minimum absolute atomic E-state index is 0.0862. The van der Waals surface area contributed by atoms with Gasteiger partial charge in [0.15, 0.2) is 0 Å². The van der Waals surface area contributed by atoms with Crippen molar-refractivity contribution >= 4 is 23.8 Å². The molecule has 3 nitrogen and oxygen atoms in total. The Bertz CT molecular complexity index is 389. The summed E-state index contributed by atoms with van der Waals surface area (Å²) in [5.41, 5.74) is 0.530. The minimum Gasteiger partial charge on any atom is -0.297 e. The predicted octanol–water partition coefficient (Wildman–Crippen LogP) is 1.82. The van der Waals surface area contributed by atoms with Crippen LogP contribution in [0.5, 0.6) is 0 Å². The van der Waals surface area contributed by atoms with Crippen molar-refractivity contribution in [3.63, 3.8) is 0 Å². The summed E-state index contributed by atoms with van der Waals surface area (Å²) in [6, 6.07) is 7.03. The van der Waals surface area contributed by atoms with Crippen LogP contribution in [0.3, 0.4) is 0 Å². The SMILES string of the molecule is O=C(c1ccccc1Cl)N1C=NCC1. The van der Waals surface area contributed by atoms with E-state index in [1.54, 1.807) is 35.5 Å². The van der Waals surface area contributed by atoms with Crippen molar-refractivity contribution in [2.24, 2.45) is 4.99 Å². The Hall–Kier alpha value is -1.35. The van der Waals surface area contributed by atoms with E-state index in [0.29, 0.717) is 23.7 Å². The van der Waals surface area contributed by atoms with Gasteiger partial charge in [-0.25, -0.2) is 0 Å². The lowest BCUT2D eigenvalue weighted by molar-refractivity contribution is 0.0862. The number of amides is 1. The number of aliphatic imine (C=N–C) groups is 1. The van der Waals surface area contributed by atoms with Crippen LogP contribution in [0.4, 0.5) is 0 Å². The van der Waals surface area contributed by atoms with Gasteiger partial charge in [-0.05, 0) is 12.1 Å². The van der Waals surface area contributed by atoms with Gasteiger partial charge in [-0.1, -0.05) is 23.7 Å². The van der Waals surface area contributed by atoms with Gasteiger partial charge in [-0.2, -0.15) is 0 Å². The van der Waals surface area contributed by atoms with Crippen LogP contribution in [0.25, 0.3) is 0 Å². The monoisotopic (exact) mass is 208 g/mol. The first-order valence-corrected chi connectivity index (χ1v) is 4.72. The van der Waals surface area contributed by atoms with E-state index in [2.05, 4.69) is 4.99 Å². The van der Waals surface area contributed by atoms with Crippen molar-refractivity contribution in [2.75, 3.05) is 13.1 Å². The summed E-state index contributed by atoms with van der Waals surface area (Å²) in [5.74, 6) is -0.0862. The first-order chi connectivity index (χ1) is 6.79. The average molecular weight is 209 g/mol. The summed E-state index contributed by atoms with van der Waals surface area (Å²) in [6.45, 7) is 1.32. The maximum atomic E-state index is 11.8. The molecule has 0 N–H and O–H groups in total. The van der Waals surface area contributed by atoms with E-state index in [0.717, 1.165) is 0 Å².